The van der Waals surface area contributed by atoms with Crippen LogP contribution >= 0.6 is 0 Å². The van der Waals surface area contributed by atoms with Crippen molar-refractivity contribution >= 4 is 5.97 Å². The summed E-state index contributed by atoms with van der Waals surface area (Å²) in [5.74, 6) is 1.10. The zero-order chi connectivity index (χ0) is 13.9. The van der Waals surface area contributed by atoms with Crippen LogP contribution in [0, 0.1) is 17.3 Å². The highest BCUT2D eigenvalue weighted by Gasteiger charge is 2.50. The molecule has 19 heavy (non-hydrogen) atoms. The van der Waals surface area contributed by atoms with E-state index >= 15 is 0 Å². The molecule has 2 aliphatic rings. The summed E-state index contributed by atoms with van der Waals surface area (Å²) < 4.78 is 5.67. The van der Waals surface area contributed by atoms with E-state index in [0.29, 0.717) is 18.4 Å². The van der Waals surface area contributed by atoms with E-state index in [1.165, 1.54) is 24.8 Å². The number of fused-ring (bicyclic) bond motifs is 2. The van der Waals surface area contributed by atoms with Gasteiger partial charge in [0.25, 0.3) is 0 Å². The van der Waals surface area contributed by atoms with Crippen LogP contribution in [0.3, 0.4) is 0 Å². The molecule has 2 heteroatoms. The molecule has 2 nitrogen and oxygen atoms in total. The molecule has 1 fully saturated rings. The molecule has 0 amide bonds. The van der Waals surface area contributed by atoms with Gasteiger partial charge in [0, 0.05) is 0 Å². The standard InChI is InChI=1S/C17H28O2/c1-4-6-7-13(5-2)12-19-16(18)17(3)11-14-8-9-15(17)10-14/h8,13,15H,4-7,9-12H2,1-3H3. The molecule has 2 aliphatic carbocycles. The number of allylic oxidation sites excluding steroid dienone is 2. The Morgan fingerprint density at radius 3 is 2.84 bits per heavy atom. The minimum Gasteiger partial charge on any atom is -0.465 e. The zero-order valence-electron chi connectivity index (χ0n) is 12.7. The second kappa shape index (κ2) is 6.11. The molecular formula is C17H28O2. The van der Waals surface area contributed by atoms with Gasteiger partial charge in [0.15, 0.2) is 0 Å². The summed E-state index contributed by atoms with van der Waals surface area (Å²) in [6.45, 7) is 7.13. The van der Waals surface area contributed by atoms with E-state index in [0.717, 1.165) is 25.7 Å². The lowest BCUT2D eigenvalue weighted by Gasteiger charge is -2.30. The smallest absolute Gasteiger partial charge is 0.312 e. The molecule has 2 rings (SSSR count). The minimum absolute atomic E-state index is 0.0514. The Balaban J connectivity index is 1.82. The van der Waals surface area contributed by atoms with Crippen molar-refractivity contribution in [3.63, 3.8) is 0 Å². The molecule has 0 aliphatic heterocycles. The van der Waals surface area contributed by atoms with E-state index in [1.807, 2.05) is 0 Å². The number of carbonyl (C=O) groups is 1. The van der Waals surface area contributed by atoms with E-state index in [1.54, 1.807) is 0 Å². The highest BCUT2D eigenvalue weighted by molar-refractivity contribution is 5.78. The van der Waals surface area contributed by atoms with Gasteiger partial charge in [-0.3, -0.25) is 4.79 Å². The topological polar surface area (TPSA) is 26.3 Å². The van der Waals surface area contributed by atoms with Gasteiger partial charge < -0.3 is 4.74 Å². The lowest BCUT2D eigenvalue weighted by atomic mass is 9.77. The van der Waals surface area contributed by atoms with Crippen molar-refractivity contribution in [3.8, 4) is 0 Å². The van der Waals surface area contributed by atoms with Gasteiger partial charge in [0.2, 0.25) is 0 Å². The molecule has 0 aromatic carbocycles. The molecule has 1 saturated carbocycles. The van der Waals surface area contributed by atoms with Gasteiger partial charge in [0.1, 0.15) is 0 Å². The second-order valence-electron chi connectivity index (χ2n) is 6.61. The van der Waals surface area contributed by atoms with Crippen molar-refractivity contribution in [2.75, 3.05) is 6.61 Å². The Morgan fingerprint density at radius 1 is 1.53 bits per heavy atom. The lowest BCUT2D eigenvalue weighted by molar-refractivity contribution is -0.158. The molecule has 0 aromatic rings. The quantitative estimate of drug-likeness (QED) is 0.500. The molecule has 2 bridgehead atoms. The third-order valence-electron chi connectivity index (χ3n) is 5.15. The molecule has 108 valence electrons. The first-order chi connectivity index (χ1) is 9.10. The average Bonchev–Trinajstić information content (AvgIpc) is 2.99. The van der Waals surface area contributed by atoms with Crippen LogP contribution in [-0.4, -0.2) is 12.6 Å². The lowest BCUT2D eigenvalue weighted by Crippen LogP contribution is -2.35. The molecule has 0 aromatic heterocycles. The van der Waals surface area contributed by atoms with Crippen LogP contribution in [0.25, 0.3) is 0 Å². The Bertz CT molecular complexity index is 358. The molecule has 0 radical (unpaired) electrons. The maximum absolute atomic E-state index is 12.4. The molecule has 0 N–H and O–H groups in total. The van der Waals surface area contributed by atoms with Crippen LogP contribution < -0.4 is 0 Å². The van der Waals surface area contributed by atoms with Crippen molar-refractivity contribution in [1.29, 1.82) is 0 Å². The van der Waals surface area contributed by atoms with Crippen molar-refractivity contribution in [3.05, 3.63) is 11.6 Å². The van der Waals surface area contributed by atoms with Gasteiger partial charge in [-0.05, 0) is 44.4 Å². The molecule has 3 atom stereocenters. The first kappa shape index (κ1) is 14.6. The number of rotatable bonds is 7. The molecule has 0 spiro atoms. The Morgan fingerprint density at radius 2 is 2.32 bits per heavy atom. The van der Waals surface area contributed by atoms with Crippen molar-refractivity contribution in [2.45, 2.75) is 65.7 Å². The fraction of sp³-hybridized carbons (Fsp3) is 0.824. The van der Waals surface area contributed by atoms with E-state index in [2.05, 4.69) is 26.8 Å². The SMILES string of the molecule is CCCCC(CC)COC(=O)C1(C)CC2=CCC1C2. The third kappa shape index (κ3) is 3.04. The highest BCUT2D eigenvalue weighted by atomic mass is 16.5. The second-order valence-corrected chi connectivity index (χ2v) is 6.61. The van der Waals surface area contributed by atoms with Gasteiger partial charge in [-0.25, -0.2) is 0 Å². The van der Waals surface area contributed by atoms with Gasteiger partial charge >= 0.3 is 5.97 Å². The normalized spacial score (nSPS) is 30.3. The number of hydrogen-bond donors (Lipinski definition) is 0. The van der Waals surface area contributed by atoms with Crippen LogP contribution in [0.1, 0.15) is 65.7 Å². The number of esters is 1. The monoisotopic (exact) mass is 264 g/mol. The molecule has 0 saturated heterocycles. The fourth-order valence-electron chi connectivity index (χ4n) is 3.53. The van der Waals surface area contributed by atoms with Crippen LogP contribution in [0.4, 0.5) is 0 Å². The Hall–Kier alpha value is -0.790. The average molecular weight is 264 g/mol. The van der Waals surface area contributed by atoms with Gasteiger partial charge in [-0.1, -0.05) is 44.8 Å². The van der Waals surface area contributed by atoms with Crippen molar-refractivity contribution < 1.29 is 9.53 Å². The van der Waals surface area contributed by atoms with E-state index in [9.17, 15) is 4.79 Å². The van der Waals surface area contributed by atoms with Crippen LogP contribution in [0.15, 0.2) is 11.6 Å². The predicted molar refractivity (Wildman–Crippen MR) is 77.8 cm³/mol. The van der Waals surface area contributed by atoms with Crippen molar-refractivity contribution in [2.24, 2.45) is 17.3 Å². The summed E-state index contributed by atoms with van der Waals surface area (Å²) in [4.78, 5) is 12.4. The Kier molecular flexibility index (Phi) is 4.70. The number of hydrogen-bond acceptors (Lipinski definition) is 2. The van der Waals surface area contributed by atoms with Gasteiger partial charge in [-0.2, -0.15) is 0 Å². The summed E-state index contributed by atoms with van der Waals surface area (Å²) in [7, 11) is 0. The fourth-order valence-corrected chi connectivity index (χ4v) is 3.53. The summed E-state index contributed by atoms with van der Waals surface area (Å²) in [5.41, 5.74) is 1.25. The predicted octanol–water partition coefficient (Wildman–Crippen LogP) is 4.49. The number of unbranched alkanes of at least 4 members (excludes halogenated alkanes) is 1. The van der Waals surface area contributed by atoms with Crippen molar-refractivity contribution in [1.82, 2.24) is 0 Å². The van der Waals surface area contributed by atoms with Crippen LogP contribution in [0.2, 0.25) is 0 Å². The minimum atomic E-state index is -0.229. The summed E-state index contributed by atoms with van der Waals surface area (Å²) in [5, 5.41) is 0. The summed E-state index contributed by atoms with van der Waals surface area (Å²) in [6.07, 6.45) is 10.2. The highest BCUT2D eigenvalue weighted by Crippen LogP contribution is 2.53. The maximum Gasteiger partial charge on any atom is 0.312 e. The summed E-state index contributed by atoms with van der Waals surface area (Å²) >= 11 is 0. The van der Waals surface area contributed by atoms with Gasteiger partial charge in [-0.15, -0.1) is 0 Å². The van der Waals surface area contributed by atoms with Gasteiger partial charge in [0.05, 0.1) is 12.0 Å². The number of ether oxygens (including phenoxy) is 1. The van der Waals surface area contributed by atoms with E-state index in [4.69, 9.17) is 4.74 Å². The maximum atomic E-state index is 12.4. The summed E-state index contributed by atoms with van der Waals surface area (Å²) in [6, 6.07) is 0. The first-order valence-electron chi connectivity index (χ1n) is 7.95. The largest absolute Gasteiger partial charge is 0.465 e. The molecule has 3 unspecified atom stereocenters. The number of carbonyl (C=O) groups excluding carboxylic acids is 1. The van der Waals surface area contributed by atoms with Crippen LogP contribution in [0.5, 0.6) is 0 Å². The van der Waals surface area contributed by atoms with E-state index in [-0.39, 0.29) is 11.4 Å². The first-order valence-corrected chi connectivity index (χ1v) is 7.95. The third-order valence-corrected chi connectivity index (χ3v) is 5.15. The Labute approximate surface area is 117 Å². The molecular weight excluding hydrogens is 236 g/mol. The van der Waals surface area contributed by atoms with E-state index < -0.39 is 0 Å². The van der Waals surface area contributed by atoms with Crippen LogP contribution in [-0.2, 0) is 9.53 Å². The zero-order valence-corrected chi connectivity index (χ0v) is 12.7. The molecule has 0 heterocycles.